The summed E-state index contributed by atoms with van der Waals surface area (Å²) in [6.07, 6.45) is 0.194. The first-order valence-electron chi connectivity index (χ1n) is 3.37. The Balaban J connectivity index is 3.39. The van der Waals surface area contributed by atoms with Gasteiger partial charge in [-0.1, -0.05) is 0 Å². The number of hydrogen-bond donors (Lipinski definition) is 0. The minimum Gasteiger partial charge on any atom is -0.382 e. The molecule has 0 bridgehead atoms. The van der Waals surface area contributed by atoms with Crippen LogP contribution in [0.5, 0.6) is 0 Å². The van der Waals surface area contributed by atoms with Gasteiger partial charge >= 0.3 is 0 Å². The van der Waals surface area contributed by atoms with Crippen molar-refractivity contribution in [2.45, 2.75) is 6.10 Å². The normalized spacial score (nSPS) is 14.1. The van der Waals surface area contributed by atoms with Gasteiger partial charge in [0.2, 0.25) is 0 Å². The smallest absolute Gasteiger partial charge is 0.0930 e. The number of rotatable bonds is 5. The lowest BCUT2D eigenvalue weighted by Gasteiger charge is -2.18. The molecule has 0 heterocycles. The molecule has 0 aliphatic rings. The van der Waals surface area contributed by atoms with Gasteiger partial charge in [0.25, 0.3) is 0 Å². The second kappa shape index (κ2) is 5.65. The zero-order valence-corrected chi connectivity index (χ0v) is 7.26. The van der Waals surface area contributed by atoms with E-state index in [0.29, 0.717) is 6.61 Å². The topological polar surface area (TPSA) is 21.7 Å². The Bertz CT molecular complexity index is 76.0. The third kappa shape index (κ3) is 4.73. The van der Waals surface area contributed by atoms with Crippen molar-refractivity contribution < 1.29 is 9.47 Å². The van der Waals surface area contributed by atoms with Gasteiger partial charge < -0.3 is 14.4 Å². The molecule has 0 aromatic heterocycles. The third-order valence-electron chi connectivity index (χ3n) is 1.25. The van der Waals surface area contributed by atoms with Crippen LogP contribution in [0, 0.1) is 0 Å². The molecule has 0 saturated carbocycles. The van der Waals surface area contributed by atoms with Crippen LogP contribution in [0.25, 0.3) is 0 Å². The fourth-order valence-electron chi connectivity index (χ4n) is 0.788. The summed E-state index contributed by atoms with van der Waals surface area (Å²) in [5.41, 5.74) is 0. The summed E-state index contributed by atoms with van der Waals surface area (Å²) in [6.45, 7) is 1.57. The lowest BCUT2D eigenvalue weighted by Crippen LogP contribution is -2.30. The van der Waals surface area contributed by atoms with E-state index in [9.17, 15) is 0 Å². The summed E-state index contributed by atoms with van der Waals surface area (Å²) < 4.78 is 10.1. The maximum atomic E-state index is 5.13. The number of hydrogen-bond acceptors (Lipinski definition) is 3. The highest BCUT2D eigenvalue weighted by Crippen LogP contribution is 1.91. The van der Waals surface area contributed by atoms with Crippen LogP contribution in [0.4, 0.5) is 0 Å². The van der Waals surface area contributed by atoms with E-state index in [0.717, 1.165) is 6.54 Å². The minimum absolute atomic E-state index is 0.194. The summed E-state index contributed by atoms with van der Waals surface area (Å²) in [7, 11) is 7.41. The standard InChI is InChI=1S/C7H17NO2/c1-8(2)5-7(10-4)6-9-3/h7H,5-6H2,1-4H3. The number of ether oxygens (including phenoxy) is 2. The van der Waals surface area contributed by atoms with Crippen LogP contribution in [0.15, 0.2) is 0 Å². The predicted octanol–water partition coefficient (Wildman–Crippen LogP) is 0.209. The summed E-state index contributed by atoms with van der Waals surface area (Å²) in [6, 6.07) is 0. The first-order chi connectivity index (χ1) is 4.70. The van der Waals surface area contributed by atoms with E-state index in [1.165, 1.54) is 0 Å². The van der Waals surface area contributed by atoms with Crippen LogP contribution >= 0.6 is 0 Å². The highest BCUT2D eigenvalue weighted by molar-refractivity contribution is 4.58. The molecular formula is C7H17NO2. The van der Waals surface area contributed by atoms with Crippen LogP contribution in [-0.4, -0.2) is 52.5 Å². The van der Waals surface area contributed by atoms with Crippen LogP contribution in [0.1, 0.15) is 0 Å². The average Bonchev–Trinajstić information content (AvgIpc) is 1.86. The Morgan fingerprint density at radius 1 is 1.30 bits per heavy atom. The van der Waals surface area contributed by atoms with Crippen LogP contribution in [0.2, 0.25) is 0 Å². The van der Waals surface area contributed by atoms with Gasteiger partial charge in [0.15, 0.2) is 0 Å². The Labute approximate surface area is 62.9 Å². The highest BCUT2D eigenvalue weighted by atomic mass is 16.5. The van der Waals surface area contributed by atoms with Crippen molar-refractivity contribution in [1.29, 1.82) is 0 Å². The molecule has 1 unspecified atom stereocenters. The van der Waals surface area contributed by atoms with Gasteiger partial charge in [-0.3, -0.25) is 0 Å². The summed E-state index contributed by atoms with van der Waals surface area (Å²) in [5.74, 6) is 0. The van der Waals surface area contributed by atoms with Crippen molar-refractivity contribution in [3.8, 4) is 0 Å². The van der Waals surface area contributed by atoms with Crippen molar-refractivity contribution in [3.63, 3.8) is 0 Å². The summed E-state index contributed by atoms with van der Waals surface area (Å²) in [4.78, 5) is 2.08. The number of methoxy groups -OCH3 is 2. The zero-order valence-electron chi connectivity index (χ0n) is 7.26. The molecule has 0 saturated heterocycles. The largest absolute Gasteiger partial charge is 0.382 e. The maximum Gasteiger partial charge on any atom is 0.0930 e. The van der Waals surface area contributed by atoms with Crippen LogP contribution < -0.4 is 0 Å². The predicted molar refractivity (Wildman–Crippen MR) is 41.2 cm³/mol. The van der Waals surface area contributed by atoms with Crippen LogP contribution in [-0.2, 0) is 9.47 Å². The lowest BCUT2D eigenvalue weighted by molar-refractivity contribution is 0.0142. The average molecular weight is 147 g/mol. The monoisotopic (exact) mass is 147 g/mol. The Kier molecular flexibility index (Phi) is 5.58. The molecule has 0 aliphatic carbocycles. The van der Waals surface area contributed by atoms with Gasteiger partial charge in [0.05, 0.1) is 12.7 Å². The fraction of sp³-hybridized carbons (Fsp3) is 1.00. The molecule has 0 amide bonds. The fourth-order valence-corrected chi connectivity index (χ4v) is 0.788. The molecule has 3 nitrogen and oxygen atoms in total. The zero-order chi connectivity index (χ0) is 7.98. The van der Waals surface area contributed by atoms with Gasteiger partial charge in [-0.25, -0.2) is 0 Å². The molecule has 0 spiro atoms. The molecule has 0 radical (unpaired) electrons. The van der Waals surface area contributed by atoms with Gasteiger partial charge in [-0.05, 0) is 14.1 Å². The van der Waals surface area contributed by atoms with E-state index in [1.807, 2.05) is 14.1 Å². The molecule has 0 aromatic carbocycles. The van der Waals surface area contributed by atoms with E-state index in [4.69, 9.17) is 9.47 Å². The van der Waals surface area contributed by atoms with E-state index in [1.54, 1.807) is 14.2 Å². The van der Waals surface area contributed by atoms with Gasteiger partial charge in [-0.2, -0.15) is 0 Å². The Morgan fingerprint density at radius 3 is 2.20 bits per heavy atom. The van der Waals surface area contributed by atoms with Gasteiger partial charge in [0.1, 0.15) is 0 Å². The first-order valence-corrected chi connectivity index (χ1v) is 3.37. The van der Waals surface area contributed by atoms with Crippen LogP contribution in [0.3, 0.4) is 0 Å². The molecule has 0 fully saturated rings. The van der Waals surface area contributed by atoms with Crippen molar-refractivity contribution >= 4 is 0 Å². The summed E-state index contributed by atoms with van der Waals surface area (Å²) in [5, 5.41) is 0. The molecule has 0 aromatic rings. The van der Waals surface area contributed by atoms with E-state index in [-0.39, 0.29) is 6.10 Å². The van der Waals surface area contributed by atoms with Crippen molar-refractivity contribution in [2.24, 2.45) is 0 Å². The molecule has 62 valence electrons. The molecule has 0 aliphatic heterocycles. The first kappa shape index (κ1) is 9.88. The van der Waals surface area contributed by atoms with Gasteiger partial charge in [0, 0.05) is 20.8 Å². The maximum absolute atomic E-state index is 5.13. The van der Waals surface area contributed by atoms with E-state index < -0.39 is 0 Å². The highest BCUT2D eigenvalue weighted by Gasteiger charge is 2.06. The minimum atomic E-state index is 0.194. The lowest BCUT2D eigenvalue weighted by atomic mass is 10.3. The second-order valence-electron chi connectivity index (χ2n) is 2.58. The molecule has 0 rings (SSSR count). The molecule has 0 N–H and O–H groups in total. The van der Waals surface area contributed by atoms with Crippen molar-refractivity contribution in [3.05, 3.63) is 0 Å². The van der Waals surface area contributed by atoms with Crippen molar-refractivity contribution in [2.75, 3.05) is 41.5 Å². The van der Waals surface area contributed by atoms with E-state index >= 15 is 0 Å². The quantitative estimate of drug-likeness (QED) is 0.555. The molecule has 1 atom stereocenters. The van der Waals surface area contributed by atoms with Crippen molar-refractivity contribution in [1.82, 2.24) is 4.90 Å². The Morgan fingerprint density at radius 2 is 1.90 bits per heavy atom. The number of likely N-dealkylation sites (N-methyl/N-ethyl adjacent to an activating group) is 1. The number of nitrogens with zero attached hydrogens (tertiary/aromatic N) is 1. The molecule has 10 heavy (non-hydrogen) atoms. The second-order valence-corrected chi connectivity index (χ2v) is 2.58. The molecule has 3 heteroatoms. The Hall–Kier alpha value is -0.120. The molecular weight excluding hydrogens is 130 g/mol. The van der Waals surface area contributed by atoms with E-state index in [2.05, 4.69) is 4.90 Å². The summed E-state index contributed by atoms with van der Waals surface area (Å²) >= 11 is 0. The van der Waals surface area contributed by atoms with Gasteiger partial charge in [-0.15, -0.1) is 0 Å². The third-order valence-corrected chi connectivity index (χ3v) is 1.25. The SMILES string of the molecule is COCC(CN(C)C)OC.